The van der Waals surface area contributed by atoms with E-state index in [2.05, 4.69) is 15.3 Å². The van der Waals surface area contributed by atoms with Gasteiger partial charge in [0.2, 0.25) is 6.41 Å². The fourth-order valence-electron chi connectivity index (χ4n) is 1.15. The molecule has 16 heavy (non-hydrogen) atoms. The standard InChI is InChI=1S/C8H6N4O3S/c13-4-10-8-11-7(3-16-8)6-1-5(2-9-6)12(14)15/h1-4,9H,(H,10,11,13). The molecule has 7 nitrogen and oxygen atoms in total. The number of nitrogens with zero attached hydrogens (tertiary/aromatic N) is 2. The largest absolute Gasteiger partial charge is 0.354 e. The van der Waals surface area contributed by atoms with Gasteiger partial charge >= 0.3 is 0 Å². The van der Waals surface area contributed by atoms with Crippen molar-refractivity contribution in [3.05, 3.63) is 27.8 Å². The van der Waals surface area contributed by atoms with Gasteiger partial charge in [0.1, 0.15) is 0 Å². The van der Waals surface area contributed by atoms with E-state index in [-0.39, 0.29) is 5.69 Å². The predicted molar refractivity (Wildman–Crippen MR) is 58.2 cm³/mol. The number of amides is 1. The number of carbonyl (C=O) groups is 1. The van der Waals surface area contributed by atoms with Crippen LogP contribution in [-0.2, 0) is 4.79 Å². The van der Waals surface area contributed by atoms with Crippen LogP contribution in [0.5, 0.6) is 0 Å². The van der Waals surface area contributed by atoms with Gasteiger partial charge in [-0.2, -0.15) is 0 Å². The minimum absolute atomic E-state index is 0.0205. The highest BCUT2D eigenvalue weighted by Crippen LogP contribution is 2.26. The number of aromatic amines is 1. The lowest BCUT2D eigenvalue weighted by Crippen LogP contribution is -1.92. The first-order valence-corrected chi connectivity index (χ1v) is 5.07. The summed E-state index contributed by atoms with van der Waals surface area (Å²) in [5.74, 6) is 0. The molecule has 0 saturated carbocycles. The van der Waals surface area contributed by atoms with Gasteiger partial charge in [0.05, 0.1) is 22.5 Å². The molecular weight excluding hydrogens is 232 g/mol. The quantitative estimate of drug-likeness (QED) is 0.480. The molecule has 0 aromatic carbocycles. The Labute approximate surface area is 93.3 Å². The number of nitrogens with one attached hydrogen (secondary N) is 2. The molecule has 0 aliphatic carbocycles. The lowest BCUT2D eigenvalue weighted by atomic mass is 10.3. The van der Waals surface area contributed by atoms with E-state index in [0.29, 0.717) is 22.9 Å². The van der Waals surface area contributed by atoms with Crippen LogP contribution in [0.2, 0.25) is 0 Å². The Morgan fingerprint density at radius 3 is 3.06 bits per heavy atom. The van der Waals surface area contributed by atoms with Crippen molar-refractivity contribution in [3.63, 3.8) is 0 Å². The SMILES string of the molecule is O=CNc1nc(-c2cc([N+](=O)[O-])c[nH]2)cs1. The molecule has 0 radical (unpaired) electrons. The first-order chi connectivity index (χ1) is 7.70. The van der Waals surface area contributed by atoms with Gasteiger partial charge in [0, 0.05) is 11.4 Å². The molecular formula is C8H6N4O3S. The Balaban J connectivity index is 2.27. The normalized spacial score (nSPS) is 10.0. The number of hydrogen-bond donors (Lipinski definition) is 2. The van der Waals surface area contributed by atoms with Gasteiger partial charge in [-0.1, -0.05) is 0 Å². The summed E-state index contributed by atoms with van der Waals surface area (Å²) in [7, 11) is 0. The van der Waals surface area contributed by atoms with Gasteiger partial charge in [-0.15, -0.1) is 11.3 Å². The molecule has 82 valence electrons. The fourth-order valence-corrected chi connectivity index (χ4v) is 1.82. The van der Waals surface area contributed by atoms with Crippen LogP contribution in [0.15, 0.2) is 17.6 Å². The number of anilines is 1. The highest BCUT2D eigenvalue weighted by atomic mass is 32.1. The molecule has 2 heterocycles. The van der Waals surface area contributed by atoms with Crippen LogP contribution in [0.25, 0.3) is 11.4 Å². The molecule has 0 fully saturated rings. The topological polar surface area (TPSA) is 101 Å². The van der Waals surface area contributed by atoms with E-state index in [1.165, 1.54) is 23.6 Å². The number of hydrogen-bond acceptors (Lipinski definition) is 5. The van der Waals surface area contributed by atoms with Crippen molar-refractivity contribution in [2.75, 3.05) is 5.32 Å². The molecule has 8 heteroatoms. The van der Waals surface area contributed by atoms with Crippen molar-refractivity contribution in [3.8, 4) is 11.4 Å². The van der Waals surface area contributed by atoms with Crippen molar-refractivity contribution >= 4 is 28.6 Å². The zero-order chi connectivity index (χ0) is 11.5. The van der Waals surface area contributed by atoms with E-state index in [1.54, 1.807) is 5.38 Å². The number of thiazole rings is 1. The summed E-state index contributed by atoms with van der Waals surface area (Å²) in [6.07, 6.45) is 1.82. The third-order valence-electron chi connectivity index (χ3n) is 1.84. The van der Waals surface area contributed by atoms with Crippen molar-refractivity contribution in [2.24, 2.45) is 0 Å². The predicted octanol–water partition coefficient (Wildman–Crippen LogP) is 1.61. The maximum absolute atomic E-state index is 10.5. The monoisotopic (exact) mass is 238 g/mol. The van der Waals surface area contributed by atoms with E-state index in [1.807, 2.05) is 0 Å². The summed E-state index contributed by atoms with van der Waals surface area (Å²) in [4.78, 5) is 27.0. The third-order valence-corrected chi connectivity index (χ3v) is 2.61. The minimum atomic E-state index is -0.489. The van der Waals surface area contributed by atoms with E-state index >= 15 is 0 Å². The Morgan fingerprint density at radius 2 is 2.44 bits per heavy atom. The van der Waals surface area contributed by atoms with Gasteiger partial charge in [0.15, 0.2) is 5.13 Å². The Morgan fingerprint density at radius 1 is 1.62 bits per heavy atom. The van der Waals surface area contributed by atoms with E-state index in [4.69, 9.17) is 0 Å². The fraction of sp³-hybridized carbons (Fsp3) is 0. The Kier molecular flexibility index (Phi) is 2.64. The van der Waals surface area contributed by atoms with Gasteiger partial charge in [-0.25, -0.2) is 4.98 Å². The van der Waals surface area contributed by atoms with Gasteiger partial charge in [0.25, 0.3) is 5.69 Å². The van der Waals surface area contributed by atoms with Crippen molar-refractivity contribution in [1.29, 1.82) is 0 Å². The smallest absolute Gasteiger partial charge is 0.287 e. The Hall–Kier alpha value is -2.22. The Bertz CT molecular complexity index is 533. The number of rotatable bonds is 4. The first kappa shape index (κ1) is 10.3. The van der Waals surface area contributed by atoms with Gasteiger partial charge in [-0.3, -0.25) is 14.9 Å². The zero-order valence-corrected chi connectivity index (χ0v) is 8.65. The molecule has 0 saturated heterocycles. The van der Waals surface area contributed by atoms with Crippen molar-refractivity contribution in [1.82, 2.24) is 9.97 Å². The van der Waals surface area contributed by atoms with Gasteiger partial charge in [-0.05, 0) is 0 Å². The van der Waals surface area contributed by atoms with Crippen molar-refractivity contribution < 1.29 is 9.72 Å². The van der Waals surface area contributed by atoms with Crippen LogP contribution < -0.4 is 5.32 Å². The van der Waals surface area contributed by atoms with E-state index in [0.717, 1.165) is 0 Å². The summed E-state index contributed by atoms with van der Waals surface area (Å²) in [5, 5.41) is 15.0. The molecule has 0 atom stereocenters. The molecule has 0 unspecified atom stereocenters. The lowest BCUT2D eigenvalue weighted by molar-refractivity contribution is -0.384. The highest BCUT2D eigenvalue weighted by molar-refractivity contribution is 7.14. The van der Waals surface area contributed by atoms with Crippen LogP contribution >= 0.6 is 11.3 Å². The lowest BCUT2D eigenvalue weighted by Gasteiger charge is -1.88. The van der Waals surface area contributed by atoms with Gasteiger partial charge < -0.3 is 10.3 Å². The maximum atomic E-state index is 10.5. The van der Waals surface area contributed by atoms with Crippen LogP contribution in [0.4, 0.5) is 10.8 Å². The number of H-pyrrole nitrogens is 1. The van der Waals surface area contributed by atoms with Crippen LogP contribution in [-0.4, -0.2) is 21.3 Å². The summed E-state index contributed by atoms with van der Waals surface area (Å²) in [6, 6.07) is 1.39. The van der Waals surface area contributed by atoms with E-state index in [9.17, 15) is 14.9 Å². The average Bonchev–Trinajstić information content (AvgIpc) is 2.84. The molecule has 2 aromatic rings. The van der Waals surface area contributed by atoms with Crippen LogP contribution in [0.3, 0.4) is 0 Å². The average molecular weight is 238 g/mol. The number of nitro groups is 1. The summed E-state index contributed by atoms with van der Waals surface area (Å²) in [5.41, 5.74) is 1.08. The second-order valence-corrected chi connectivity index (χ2v) is 3.69. The maximum Gasteiger partial charge on any atom is 0.287 e. The molecule has 2 rings (SSSR count). The molecule has 0 aliphatic rings. The zero-order valence-electron chi connectivity index (χ0n) is 7.84. The summed E-state index contributed by atoms with van der Waals surface area (Å²) in [6.45, 7) is 0. The molecule has 2 N–H and O–H groups in total. The highest BCUT2D eigenvalue weighted by Gasteiger charge is 2.12. The second kappa shape index (κ2) is 4.11. The van der Waals surface area contributed by atoms with E-state index < -0.39 is 4.92 Å². The summed E-state index contributed by atoms with van der Waals surface area (Å²) < 4.78 is 0. The molecule has 2 aromatic heterocycles. The third kappa shape index (κ3) is 1.91. The first-order valence-electron chi connectivity index (χ1n) is 4.19. The molecule has 0 bridgehead atoms. The summed E-state index contributed by atoms with van der Waals surface area (Å²) >= 11 is 1.24. The number of aromatic nitrogens is 2. The van der Waals surface area contributed by atoms with Crippen LogP contribution in [0, 0.1) is 10.1 Å². The van der Waals surface area contributed by atoms with Crippen LogP contribution in [0.1, 0.15) is 0 Å². The molecule has 0 spiro atoms. The van der Waals surface area contributed by atoms with Crippen molar-refractivity contribution in [2.45, 2.75) is 0 Å². The molecule has 1 amide bonds. The number of carbonyl (C=O) groups excluding carboxylic acids is 1. The minimum Gasteiger partial charge on any atom is -0.354 e. The molecule has 0 aliphatic heterocycles. The second-order valence-electron chi connectivity index (χ2n) is 2.83.